The average Bonchev–Trinajstić information content (AvgIpc) is 2.99. The Bertz CT molecular complexity index is 518. The first-order chi connectivity index (χ1) is 10.2. The molecule has 2 fully saturated rings. The smallest absolute Gasteiger partial charge is 0.194 e. The first-order valence-corrected chi connectivity index (χ1v) is 7.83. The molecule has 1 aliphatic heterocycles. The highest BCUT2D eigenvalue weighted by atomic mass is 127. The molecule has 1 N–H and O–H groups in total. The summed E-state index contributed by atoms with van der Waals surface area (Å²) in [5.41, 5.74) is 1.14. The van der Waals surface area contributed by atoms with Crippen molar-refractivity contribution in [2.75, 3.05) is 26.2 Å². The molecule has 22 heavy (non-hydrogen) atoms. The van der Waals surface area contributed by atoms with Crippen LogP contribution in [0.3, 0.4) is 0 Å². The minimum atomic E-state index is 0. The van der Waals surface area contributed by atoms with Gasteiger partial charge < -0.3 is 15.0 Å². The van der Waals surface area contributed by atoms with Gasteiger partial charge in [0, 0.05) is 37.9 Å². The molecular weight excluding hydrogens is 393 g/mol. The van der Waals surface area contributed by atoms with Crippen molar-refractivity contribution in [3.05, 3.63) is 18.0 Å². The first-order valence-electron chi connectivity index (χ1n) is 7.83. The molecule has 0 spiro atoms. The number of ether oxygens (including phenoxy) is 1. The number of nitrogens with one attached hydrogen (secondary N) is 1. The molecule has 1 aromatic rings. The molecule has 0 bridgehead atoms. The standard InChI is InChI=1S/C15H25N5O.HI/c1-4-16-15(18-13-7-11(13)2)20-5-6-21-14(10-20)12-8-17-19(3)9-12;/h8-9,11,13-14H,4-7,10H2,1-3H3,(H,16,18);1H. The second-order valence-electron chi connectivity index (χ2n) is 6.01. The number of aliphatic imine (C=N–C) groups is 1. The first kappa shape index (κ1) is 17.5. The zero-order valence-corrected chi connectivity index (χ0v) is 15.9. The Morgan fingerprint density at radius 3 is 2.91 bits per heavy atom. The van der Waals surface area contributed by atoms with Gasteiger partial charge in [-0.15, -0.1) is 24.0 Å². The molecule has 1 aromatic heterocycles. The summed E-state index contributed by atoms with van der Waals surface area (Å²) in [6, 6.07) is 0.593. The zero-order valence-electron chi connectivity index (χ0n) is 13.5. The van der Waals surface area contributed by atoms with E-state index in [-0.39, 0.29) is 30.1 Å². The lowest BCUT2D eigenvalue weighted by molar-refractivity contribution is -0.00811. The van der Waals surface area contributed by atoms with Crippen LogP contribution in [0.25, 0.3) is 0 Å². The number of halogens is 1. The van der Waals surface area contributed by atoms with Gasteiger partial charge in [0.15, 0.2) is 5.96 Å². The van der Waals surface area contributed by atoms with Crippen molar-refractivity contribution >= 4 is 29.9 Å². The fourth-order valence-corrected chi connectivity index (χ4v) is 2.73. The Morgan fingerprint density at radius 2 is 2.32 bits per heavy atom. The maximum Gasteiger partial charge on any atom is 0.194 e. The van der Waals surface area contributed by atoms with E-state index in [2.05, 4.69) is 34.2 Å². The molecule has 0 aromatic carbocycles. The van der Waals surface area contributed by atoms with Crippen molar-refractivity contribution in [3.63, 3.8) is 0 Å². The maximum absolute atomic E-state index is 5.90. The van der Waals surface area contributed by atoms with Gasteiger partial charge in [-0.25, -0.2) is 0 Å². The van der Waals surface area contributed by atoms with Gasteiger partial charge >= 0.3 is 0 Å². The van der Waals surface area contributed by atoms with Gasteiger partial charge in [0.25, 0.3) is 0 Å². The van der Waals surface area contributed by atoms with Gasteiger partial charge in [-0.3, -0.25) is 9.67 Å². The highest BCUT2D eigenvalue weighted by Gasteiger charge is 2.35. The van der Waals surface area contributed by atoms with E-state index in [0.29, 0.717) is 6.04 Å². The zero-order chi connectivity index (χ0) is 14.8. The predicted octanol–water partition coefficient (Wildman–Crippen LogP) is 1.79. The van der Waals surface area contributed by atoms with E-state index in [4.69, 9.17) is 4.74 Å². The Balaban J connectivity index is 0.00000176. The third-order valence-electron chi connectivity index (χ3n) is 4.19. The largest absolute Gasteiger partial charge is 0.370 e. The third-order valence-corrected chi connectivity index (χ3v) is 4.19. The highest BCUT2D eigenvalue weighted by molar-refractivity contribution is 14.0. The SMILES string of the molecule is CCN=C(NC1CC1C)N1CCOC(c2cnn(C)c2)C1.I. The lowest BCUT2D eigenvalue weighted by Crippen LogP contribution is -2.49. The lowest BCUT2D eigenvalue weighted by Gasteiger charge is -2.35. The van der Waals surface area contributed by atoms with Crippen molar-refractivity contribution in [1.82, 2.24) is 20.0 Å². The van der Waals surface area contributed by atoms with Crippen LogP contribution in [0.1, 0.15) is 31.9 Å². The van der Waals surface area contributed by atoms with E-state index in [1.807, 2.05) is 24.1 Å². The van der Waals surface area contributed by atoms with Crippen LogP contribution in [0.5, 0.6) is 0 Å². The second-order valence-corrected chi connectivity index (χ2v) is 6.01. The quantitative estimate of drug-likeness (QED) is 0.461. The predicted molar refractivity (Wildman–Crippen MR) is 97.6 cm³/mol. The fourth-order valence-electron chi connectivity index (χ4n) is 2.73. The molecule has 2 heterocycles. The monoisotopic (exact) mass is 419 g/mol. The van der Waals surface area contributed by atoms with Crippen LogP contribution < -0.4 is 5.32 Å². The van der Waals surface area contributed by atoms with Gasteiger partial charge in [-0.05, 0) is 19.3 Å². The number of aryl methyl sites for hydroxylation is 1. The normalized spacial score (nSPS) is 28.2. The summed E-state index contributed by atoms with van der Waals surface area (Å²) in [4.78, 5) is 6.97. The lowest BCUT2D eigenvalue weighted by atomic mass is 10.1. The average molecular weight is 419 g/mol. The molecule has 0 amide bonds. The summed E-state index contributed by atoms with van der Waals surface area (Å²) in [5.74, 6) is 1.80. The number of guanidine groups is 1. The van der Waals surface area contributed by atoms with Crippen molar-refractivity contribution in [2.24, 2.45) is 18.0 Å². The van der Waals surface area contributed by atoms with Gasteiger partial charge in [-0.1, -0.05) is 6.92 Å². The fraction of sp³-hybridized carbons (Fsp3) is 0.733. The highest BCUT2D eigenvalue weighted by Crippen LogP contribution is 2.29. The van der Waals surface area contributed by atoms with E-state index in [9.17, 15) is 0 Å². The Kier molecular flexibility index (Phi) is 6.08. The van der Waals surface area contributed by atoms with E-state index < -0.39 is 0 Å². The summed E-state index contributed by atoms with van der Waals surface area (Å²) in [5, 5.41) is 7.83. The number of hydrogen-bond acceptors (Lipinski definition) is 3. The van der Waals surface area contributed by atoms with Gasteiger partial charge in [-0.2, -0.15) is 5.10 Å². The van der Waals surface area contributed by atoms with Crippen molar-refractivity contribution in [1.29, 1.82) is 0 Å². The Hall–Kier alpha value is -0.830. The molecular formula is C15H26IN5O. The maximum atomic E-state index is 5.90. The number of rotatable bonds is 3. The minimum absolute atomic E-state index is 0. The molecule has 124 valence electrons. The van der Waals surface area contributed by atoms with E-state index in [1.165, 1.54) is 6.42 Å². The molecule has 2 aliphatic rings. The van der Waals surface area contributed by atoms with Crippen molar-refractivity contribution in [3.8, 4) is 0 Å². The van der Waals surface area contributed by atoms with E-state index in [1.54, 1.807) is 0 Å². The summed E-state index contributed by atoms with van der Waals surface area (Å²) in [7, 11) is 1.93. The van der Waals surface area contributed by atoms with Crippen LogP contribution in [-0.2, 0) is 11.8 Å². The van der Waals surface area contributed by atoms with Crippen LogP contribution in [0.2, 0.25) is 0 Å². The summed E-state index contributed by atoms with van der Waals surface area (Å²) < 4.78 is 7.72. The molecule has 1 saturated heterocycles. The van der Waals surface area contributed by atoms with Crippen LogP contribution in [0.4, 0.5) is 0 Å². The van der Waals surface area contributed by atoms with Gasteiger partial charge in [0.1, 0.15) is 6.10 Å². The van der Waals surface area contributed by atoms with Crippen molar-refractivity contribution in [2.45, 2.75) is 32.4 Å². The Morgan fingerprint density at radius 1 is 1.55 bits per heavy atom. The second kappa shape index (κ2) is 7.63. The number of nitrogens with zero attached hydrogens (tertiary/aromatic N) is 4. The van der Waals surface area contributed by atoms with Crippen LogP contribution >= 0.6 is 24.0 Å². The molecule has 0 radical (unpaired) electrons. The molecule has 7 heteroatoms. The summed E-state index contributed by atoms with van der Waals surface area (Å²) in [6.45, 7) is 7.61. The van der Waals surface area contributed by atoms with Crippen LogP contribution in [0, 0.1) is 5.92 Å². The van der Waals surface area contributed by atoms with Gasteiger partial charge in [0.05, 0.1) is 19.3 Å². The van der Waals surface area contributed by atoms with E-state index in [0.717, 1.165) is 43.7 Å². The third kappa shape index (κ3) is 4.13. The number of hydrogen-bond donors (Lipinski definition) is 1. The number of morpholine rings is 1. The molecule has 1 saturated carbocycles. The summed E-state index contributed by atoms with van der Waals surface area (Å²) >= 11 is 0. The van der Waals surface area contributed by atoms with Crippen LogP contribution in [0.15, 0.2) is 17.4 Å². The molecule has 3 atom stereocenters. The molecule has 6 nitrogen and oxygen atoms in total. The van der Waals surface area contributed by atoms with E-state index >= 15 is 0 Å². The minimum Gasteiger partial charge on any atom is -0.370 e. The topological polar surface area (TPSA) is 54.7 Å². The Labute approximate surface area is 149 Å². The summed E-state index contributed by atoms with van der Waals surface area (Å²) in [6.07, 6.45) is 5.24. The molecule has 3 rings (SSSR count). The van der Waals surface area contributed by atoms with Crippen LogP contribution in [-0.4, -0.2) is 52.9 Å². The molecule has 3 unspecified atom stereocenters. The number of aromatic nitrogens is 2. The van der Waals surface area contributed by atoms with Crippen molar-refractivity contribution < 1.29 is 4.74 Å². The molecule has 1 aliphatic carbocycles. The van der Waals surface area contributed by atoms with Gasteiger partial charge in [0.2, 0.25) is 0 Å².